The monoisotopic (exact) mass is 1730 g/mol. The number of ether oxygens (including phenoxy) is 9. The maximum Gasteiger partial charge on any atom is 0.351 e. The molecule has 0 aromatic carbocycles. The molecule has 10 unspecified atom stereocenters. The second-order valence-corrected chi connectivity index (χ2v) is 38.2. The molecule has 13 heterocycles. The number of phosphoric acid groups is 2. The number of nitrogens with zero attached hydrogens (tertiary/aromatic N) is 8. The second kappa shape index (κ2) is 31.2. The van der Waals surface area contributed by atoms with Gasteiger partial charge in [0.05, 0.1) is 57.5 Å². The fourth-order valence-corrected chi connectivity index (χ4v) is 20.3. The lowest BCUT2D eigenvalue weighted by atomic mass is 9.94. The number of aromatic nitrogens is 10. The third kappa shape index (κ3) is 16.0. The van der Waals surface area contributed by atoms with Crippen molar-refractivity contribution in [1.82, 2.24) is 47.8 Å². The number of phosphoric ester groups is 2. The van der Waals surface area contributed by atoms with E-state index in [-0.39, 0.29) is 39.7 Å². The van der Waals surface area contributed by atoms with E-state index < -0.39 is 248 Å². The van der Waals surface area contributed by atoms with E-state index in [0.717, 1.165) is 42.3 Å². The highest BCUT2D eigenvalue weighted by molar-refractivity contribution is 8.32. The zero-order chi connectivity index (χ0) is 81.4. The number of aromatic amines is 2. The van der Waals surface area contributed by atoms with Crippen LogP contribution < -0.4 is 76.3 Å². The second-order valence-electron chi connectivity index (χ2n) is 27.3. The van der Waals surface area contributed by atoms with Crippen molar-refractivity contribution in [2.75, 3.05) is 64.5 Å². The van der Waals surface area contributed by atoms with Crippen molar-refractivity contribution in [2.24, 2.45) is 0 Å². The van der Waals surface area contributed by atoms with Gasteiger partial charge in [0.2, 0.25) is 0 Å². The molecule has 8 aliphatic heterocycles. The molecule has 8 fully saturated rings. The Kier molecular flexibility index (Phi) is 23.6. The Morgan fingerprint density at radius 3 is 1.55 bits per heavy atom. The van der Waals surface area contributed by atoms with Crippen molar-refractivity contribution >= 4 is 89.2 Å². The summed E-state index contributed by atoms with van der Waals surface area (Å²) in [6.45, 7) is -9.89. The van der Waals surface area contributed by atoms with Crippen molar-refractivity contribution in [3.63, 3.8) is 0 Å². The number of methoxy groups -OCH3 is 1. The van der Waals surface area contributed by atoms with Crippen LogP contribution in [0.4, 0.5) is 17.5 Å². The first-order valence-corrected chi connectivity index (χ1v) is 44.2. The number of nitrogens with one attached hydrogen (secondary N) is 2. The smallest absolute Gasteiger partial charge is 0.351 e. The highest BCUT2D eigenvalue weighted by Crippen LogP contribution is 2.62. The van der Waals surface area contributed by atoms with Gasteiger partial charge in [-0.05, 0) is 54.5 Å². The van der Waals surface area contributed by atoms with E-state index in [9.17, 15) is 71.9 Å². The van der Waals surface area contributed by atoms with E-state index in [1.165, 1.54) is 80.2 Å². The van der Waals surface area contributed by atoms with Crippen LogP contribution in [0.1, 0.15) is 80.6 Å². The predicted octanol–water partition coefficient (Wildman–Crippen LogP) is -4.41. The summed E-state index contributed by atoms with van der Waals surface area (Å²) in [4.78, 5) is 165. The molecule has 0 spiro atoms. The SMILES string of the molecule is CO[C@H]1C(OP([O-])(=S)OC)[C@@H](COP(=O)([S-])OC2C[C@H](n3cc(C)c(N)nc3=O)O[C@@H]2COP(=O)([O-])OC2[C@@H]3O[C@@H](C)[C@]2(COP(=O)([O-])OC2[C@@H]4O[C@@H](C)[C@]2(COP([O-])(=S)OC2[C@@H]5O[C@@H](C)[C@]2(CO)O[C@H]5n2cc(C)c(=O)[nH]c2=O)O[C@H]4n2cc(C)c(=O)[nH]c2=O)O[C@H]3n2cc(C)c(N)nc2=O)O[C@H]1n1ccc(N)nc1=O. The molecule has 8 aliphatic rings. The fraction of sp³-hybridized carbons (Fsp3) is 0.649. The molecule has 6 bridgehead atoms. The maximum absolute atomic E-state index is 14.9. The molecule has 27 atom stereocenters. The molecule has 47 nitrogen and oxygen atoms in total. The molecule has 112 heavy (non-hydrogen) atoms. The van der Waals surface area contributed by atoms with Gasteiger partial charge in [0, 0.05) is 73.9 Å². The Balaban J connectivity index is 0.761. The molecule has 618 valence electrons. The van der Waals surface area contributed by atoms with Crippen LogP contribution >= 0.6 is 35.9 Å². The molecule has 9 N–H and O–H groups in total. The zero-order valence-corrected chi connectivity index (χ0v) is 66.8. The molecular formula is C57H73N13O34P5S3-5. The van der Waals surface area contributed by atoms with Gasteiger partial charge in [-0.25, -0.2) is 24.0 Å². The van der Waals surface area contributed by atoms with E-state index in [2.05, 4.69) is 24.9 Å². The minimum atomic E-state index is -6.09. The third-order valence-corrected chi connectivity index (χ3v) is 27.0. The van der Waals surface area contributed by atoms with Crippen LogP contribution in [-0.4, -0.2) is 202 Å². The average Bonchev–Trinajstić information content (AvgIpc) is 1.56. The summed E-state index contributed by atoms with van der Waals surface area (Å²) in [6, 6.07) is 1.25. The number of H-pyrrole nitrogens is 2. The number of nitrogens with two attached hydrogens (primary N) is 3. The number of aryl methyl sites for hydroxylation is 4. The largest absolute Gasteiger partial charge is 0.780 e. The van der Waals surface area contributed by atoms with Gasteiger partial charge in [-0.2, -0.15) is 15.0 Å². The lowest BCUT2D eigenvalue weighted by molar-refractivity contribution is -0.255. The quantitative estimate of drug-likeness (QED) is 0.0187. The van der Waals surface area contributed by atoms with E-state index in [1.54, 1.807) is 0 Å². The summed E-state index contributed by atoms with van der Waals surface area (Å²) in [5.41, 5.74) is 4.75. The normalized spacial score (nSPS) is 35.9. The Morgan fingerprint density at radius 2 is 1.03 bits per heavy atom. The predicted molar refractivity (Wildman–Crippen MR) is 376 cm³/mol. The minimum Gasteiger partial charge on any atom is -0.780 e. The Labute approximate surface area is 645 Å². The zero-order valence-electron chi connectivity index (χ0n) is 59.9. The number of hydrogen-bond donors (Lipinski definition) is 6. The van der Waals surface area contributed by atoms with Crippen molar-refractivity contribution in [3.8, 4) is 0 Å². The minimum absolute atomic E-state index is 0.0528. The van der Waals surface area contributed by atoms with Gasteiger partial charge in [0.15, 0.2) is 31.7 Å². The number of anilines is 3. The Morgan fingerprint density at radius 1 is 0.562 bits per heavy atom. The Hall–Kier alpha value is -5.22. The lowest BCUT2D eigenvalue weighted by Gasteiger charge is -2.41. The highest BCUT2D eigenvalue weighted by atomic mass is 32.7. The number of rotatable bonds is 30. The van der Waals surface area contributed by atoms with Crippen LogP contribution in [0.2, 0.25) is 0 Å². The molecule has 0 aliphatic carbocycles. The van der Waals surface area contributed by atoms with Gasteiger partial charge in [-0.15, -0.1) is 0 Å². The number of nitrogen functional groups attached to an aromatic ring is 3. The maximum atomic E-state index is 14.9. The van der Waals surface area contributed by atoms with Crippen LogP contribution in [0.15, 0.2) is 70.6 Å². The van der Waals surface area contributed by atoms with Crippen LogP contribution in [0.3, 0.4) is 0 Å². The topological polar surface area (TPSA) is 632 Å². The van der Waals surface area contributed by atoms with E-state index in [0.29, 0.717) is 0 Å². The summed E-state index contributed by atoms with van der Waals surface area (Å²) in [5, 5.41) is 10.9. The van der Waals surface area contributed by atoms with Crippen LogP contribution in [0, 0.1) is 27.7 Å². The summed E-state index contributed by atoms with van der Waals surface area (Å²) in [5.74, 6) is -0.559. The third-order valence-electron chi connectivity index (χ3n) is 20.4. The van der Waals surface area contributed by atoms with Crippen LogP contribution in [0.5, 0.6) is 0 Å². The van der Waals surface area contributed by atoms with Crippen molar-refractivity contribution in [2.45, 2.75) is 188 Å². The molecule has 13 rings (SSSR count). The van der Waals surface area contributed by atoms with Crippen molar-refractivity contribution in [3.05, 3.63) is 132 Å². The van der Waals surface area contributed by atoms with Gasteiger partial charge in [-0.3, -0.25) is 56.1 Å². The number of aliphatic hydroxyl groups excluding tert-OH is 1. The number of aliphatic hydroxyl groups is 1. The molecule has 55 heteroatoms. The summed E-state index contributed by atoms with van der Waals surface area (Å²) >= 11 is 15.8. The van der Waals surface area contributed by atoms with Gasteiger partial charge in [0.25, 0.3) is 26.8 Å². The van der Waals surface area contributed by atoms with E-state index in [1.807, 2.05) is 0 Å². The number of fused-ring (bicyclic) bond motifs is 6. The first-order valence-electron chi connectivity index (χ1n) is 33.6. The molecule has 5 aromatic heterocycles. The lowest BCUT2D eigenvalue weighted by Crippen LogP contribution is -2.52. The summed E-state index contributed by atoms with van der Waals surface area (Å²) < 4.78 is 161. The van der Waals surface area contributed by atoms with E-state index in [4.69, 9.17) is 141 Å². The van der Waals surface area contributed by atoms with Gasteiger partial charge < -0.3 is 142 Å². The van der Waals surface area contributed by atoms with E-state index >= 15 is 0 Å². The first-order chi connectivity index (χ1) is 52.4. The van der Waals surface area contributed by atoms with Gasteiger partial charge >= 0.3 is 28.4 Å². The average molecular weight is 1740 g/mol. The fourth-order valence-electron chi connectivity index (χ4n) is 14.5. The molecule has 0 radical (unpaired) electrons. The Bertz CT molecular complexity index is 5220. The first kappa shape index (κ1) is 84.7. The van der Waals surface area contributed by atoms with Crippen LogP contribution in [0.25, 0.3) is 0 Å². The van der Waals surface area contributed by atoms with Crippen LogP contribution in [-0.2, 0) is 137 Å². The molecule has 0 amide bonds. The standard InChI is InChI=1S/C57H78N13O34P5S3/c1-22-13-67(51(75)62-42(22)59)33-12-29(100-108(84,111)89-18-31-34(101-107(83,110)87-9)35(86-8)46(96-31)66-11-10-32(58)61-50(66)74)30(95-33)17-88-105(79,80)102-40-37-48(68-14-23(2)43(60)63-52(68)76)98-56(40,27(6)93-37)20-90-106(81,82)103-41-38-49(70-16-25(4)45(73)65-54(70)78)99-57(41,28(7)94-38)21-91-109(85,112)104-39-36-47(97-55(39,19-71)26(5)92-36)69-15-24(3)44(72)64-53(69)77/h10-11,13-16,26-31,33-41,46-49,71H,12,17-21H2,1-9H3,(H,79,80)(H,81,82)(H,83,110)(H,84,111)(H,85,112)(H2,58,61,74)(H2,59,62,75)(H2,60,63,76)(H,64,72,77)(H,65,73,78)/p-5/t26-,27-,28-,29?,30+,31+,33+,34?,35-,36-,37-,38-,39?,40?,41?,46+,47+,48+,49+,55-,56-,57-,107?,108?,109?/m0/s1. The summed E-state index contributed by atoms with van der Waals surface area (Å²) in [7, 11) is -9.92. The highest BCUT2D eigenvalue weighted by Gasteiger charge is 2.72. The molecule has 5 aromatic rings. The van der Waals surface area contributed by atoms with Gasteiger partial charge in [-0.1, -0.05) is 23.6 Å². The van der Waals surface area contributed by atoms with Crippen molar-refractivity contribution < 1.29 is 126 Å². The molecule has 0 saturated carbocycles. The molecular weight excluding hydrogens is 1660 g/mol. The summed E-state index contributed by atoms with van der Waals surface area (Å²) in [6.07, 6.45) is -24.6. The molecule has 8 saturated heterocycles. The van der Waals surface area contributed by atoms with Crippen molar-refractivity contribution in [1.29, 1.82) is 0 Å². The number of hydrogen-bond acceptors (Lipinski definition) is 43. The van der Waals surface area contributed by atoms with Gasteiger partial charge in [0.1, 0.15) is 115 Å².